The number of nitrogens with zero attached hydrogens (tertiary/aromatic N) is 1. The van der Waals surface area contributed by atoms with Crippen LogP contribution in [0.25, 0.3) is 6.08 Å². The minimum Gasteiger partial charge on any atom is -0.378 e. The number of benzene rings is 2. The third-order valence-electron chi connectivity index (χ3n) is 3.61. The fraction of sp³-hybridized carbons (Fsp3) is 0.200. The molecule has 0 radical (unpaired) electrons. The summed E-state index contributed by atoms with van der Waals surface area (Å²) in [5.41, 5.74) is 3.37. The van der Waals surface area contributed by atoms with Gasteiger partial charge in [0.15, 0.2) is 5.78 Å². The molecule has 2 rings (SSSR count). The van der Waals surface area contributed by atoms with Crippen molar-refractivity contribution in [3.8, 4) is 0 Å². The second-order valence-corrected chi connectivity index (χ2v) is 5.66. The van der Waals surface area contributed by atoms with Gasteiger partial charge in [-0.2, -0.15) is 0 Å². The van der Waals surface area contributed by atoms with Gasteiger partial charge < -0.3 is 10.2 Å². The largest absolute Gasteiger partial charge is 0.378 e. The molecule has 0 atom stereocenters. The van der Waals surface area contributed by atoms with Gasteiger partial charge in [0.05, 0.1) is 0 Å². The van der Waals surface area contributed by atoms with Gasteiger partial charge in [0.1, 0.15) is 0 Å². The lowest BCUT2D eigenvalue weighted by Crippen LogP contribution is -2.09. The number of amides is 1. The first-order valence-electron chi connectivity index (χ1n) is 7.89. The van der Waals surface area contributed by atoms with Crippen LogP contribution >= 0.6 is 0 Å². The van der Waals surface area contributed by atoms with Crippen molar-refractivity contribution in [1.29, 1.82) is 0 Å². The number of ketones is 1. The predicted octanol–water partition coefficient (Wildman–Crippen LogP) is 4.00. The van der Waals surface area contributed by atoms with Gasteiger partial charge in [-0.05, 0) is 48.0 Å². The van der Waals surface area contributed by atoms with E-state index in [9.17, 15) is 9.59 Å². The first-order chi connectivity index (χ1) is 11.5. The molecule has 0 bridgehead atoms. The highest BCUT2D eigenvalue weighted by molar-refractivity contribution is 6.07. The third kappa shape index (κ3) is 4.81. The Labute approximate surface area is 142 Å². The minimum atomic E-state index is -0.0694. The summed E-state index contributed by atoms with van der Waals surface area (Å²) in [6, 6.07) is 14.9. The molecule has 0 aliphatic carbocycles. The van der Waals surface area contributed by atoms with Crippen LogP contribution in [0.1, 0.15) is 29.3 Å². The van der Waals surface area contributed by atoms with E-state index in [2.05, 4.69) is 5.32 Å². The highest BCUT2D eigenvalue weighted by atomic mass is 16.1. The van der Waals surface area contributed by atoms with Crippen LogP contribution in [0.4, 0.5) is 11.4 Å². The first-order valence-corrected chi connectivity index (χ1v) is 7.89. The fourth-order valence-electron chi connectivity index (χ4n) is 2.12. The van der Waals surface area contributed by atoms with E-state index in [1.807, 2.05) is 43.3 Å². The third-order valence-corrected chi connectivity index (χ3v) is 3.61. The molecule has 0 saturated heterocycles. The van der Waals surface area contributed by atoms with Gasteiger partial charge in [0.2, 0.25) is 5.91 Å². The van der Waals surface area contributed by atoms with Gasteiger partial charge in [-0.1, -0.05) is 25.1 Å². The molecule has 0 fully saturated rings. The Bertz CT molecular complexity index is 729. The Morgan fingerprint density at radius 2 is 1.62 bits per heavy atom. The minimum absolute atomic E-state index is 0.0462. The van der Waals surface area contributed by atoms with Gasteiger partial charge in [0.25, 0.3) is 0 Å². The summed E-state index contributed by atoms with van der Waals surface area (Å²) in [5.74, 6) is -0.116. The number of hydrogen-bond acceptors (Lipinski definition) is 3. The number of nitrogens with one attached hydrogen (secondary N) is 1. The van der Waals surface area contributed by atoms with Gasteiger partial charge in [-0.25, -0.2) is 0 Å². The average molecular weight is 322 g/mol. The summed E-state index contributed by atoms with van der Waals surface area (Å²) in [5, 5.41) is 2.76. The van der Waals surface area contributed by atoms with Crippen molar-refractivity contribution in [2.24, 2.45) is 0 Å². The van der Waals surface area contributed by atoms with E-state index < -0.39 is 0 Å². The zero-order chi connectivity index (χ0) is 17.5. The van der Waals surface area contributed by atoms with Gasteiger partial charge >= 0.3 is 0 Å². The topological polar surface area (TPSA) is 49.4 Å². The second kappa shape index (κ2) is 8.11. The van der Waals surface area contributed by atoms with Crippen LogP contribution in [0, 0.1) is 0 Å². The Kier molecular flexibility index (Phi) is 5.90. The van der Waals surface area contributed by atoms with E-state index in [4.69, 9.17) is 0 Å². The molecule has 0 spiro atoms. The summed E-state index contributed by atoms with van der Waals surface area (Å²) in [6.07, 6.45) is 3.79. The van der Waals surface area contributed by atoms with E-state index in [0.29, 0.717) is 17.7 Å². The molecule has 1 amide bonds. The van der Waals surface area contributed by atoms with Crippen LogP contribution in [0.5, 0.6) is 0 Å². The highest BCUT2D eigenvalue weighted by Crippen LogP contribution is 2.14. The molecule has 4 nitrogen and oxygen atoms in total. The Morgan fingerprint density at radius 1 is 1.00 bits per heavy atom. The van der Waals surface area contributed by atoms with E-state index in [1.54, 1.807) is 43.3 Å². The summed E-state index contributed by atoms with van der Waals surface area (Å²) in [6.45, 7) is 1.79. The smallest absolute Gasteiger partial charge is 0.224 e. The van der Waals surface area contributed by atoms with Crippen molar-refractivity contribution in [3.63, 3.8) is 0 Å². The molecular weight excluding hydrogens is 300 g/mol. The molecule has 124 valence electrons. The maximum atomic E-state index is 12.2. The lowest BCUT2D eigenvalue weighted by atomic mass is 10.1. The monoisotopic (exact) mass is 322 g/mol. The second-order valence-electron chi connectivity index (χ2n) is 5.66. The highest BCUT2D eigenvalue weighted by Gasteiger charge is 2.03. The molecule has 0 heterocycles. The van der Waals surface area contributed by atoms with Crippen LogP contribution in [0.3, 0.4) is 0 Å². The van der Waals surface area contributed by atoms with Gasteiger partial charge in [-0.15, -0.1) is 0 Å². The number of carbonyl (C=O) groups excluding carboxylic acids is 2. The summed E-state index contributed by atoms with van der Waals surface area (Å²) < 4.78 is 0. The van der Waals surface area contributed by atoms with Crippen molar-refractivity contribution in [3.05, 3.63) is 65.7 Å². The molecule has 2 aromatic carbocycles. The molecule has 24 heavy (non-hydrogen) atoms. The fourth-order valence-corrected chi connectivity index (χ4v) is 2.12. The Hall–Kier alpha value is -2.88. The van der Waals surface area contributed by atoms with Crippen molar-refractivity contribution < 1.29 is 9.59 Å². The van der Waals surface area contributed by atoms with Crippen LogP contribution < -0.4 is 10.2 Å². The lowest BCUT2D eigenvalue weighted by molar-refractivity contribution is -0.115. The summed E-state index contributed by atoms with van der Waals surface area (Å²) in [4.78, 5) is 25.6. The number of rotatable bonds is 6. The van der Waals surface area contributed by atoms with Crippen molar-refractivity contribution >= 4 is 29.1 Å². The van der Waals surface area contributed by atoms with E-state index in [-0.39, 0.29) is 11.7 Å². The number of hydrogen-bond donors (Lipinski definition) is 1. The van der Waals surface area contributed by atoms with E-state index >= 15 is 0 Å². The van der Waals surface area contributed by atoms with Gasteiger partial charge in [0, 0.05) is 37.5 Å². The zero-order valence-corrected chi connectivity index (χ0v) is 14.2. The number of carbonyl (C=O) groups is 2. The molecule has 0 aliphatic heterocycles. The van der Waals surface area contributed by atoms with Crippen LogP contribution in [0.2, 0.25) is 0 Å². The van der Waals surface area contributed by atoms with E-state index in [1.165, 1.54) is 0 Å². The number of anilines is 2. The van der Waals surface area contributed by atoms with Crippen molar-refractivity contribution in [1.82, 2.24) is 0 Å². The standard InChI is InChI=1S/C20H22N2O2/c1-4-20(24)21-17-10-8-16(9-11-17)19(23)14-7-15-5-12-18(13-6-15)22(2)3/h5-14H,4H2,1-3H3,(H,21,24)/b14-7-. The molecular formula is C20H22N2O2. The maximum absolute atomic E-state index is 12.2. The molecule has 0 saturated carbocycles. The Morgan fingerprint density at radius 3 is 2.17 bits per heavy atom. The summed E-state index contributed by atoms with van der Waals surface area (Å²) >= 11 is 0. The normalized spacial score (nSPS) is 10.6. The summed E-state index contributed by atoms with van der Waals surface area (Å²) in [7, 11) is 3.97. The quantitative estimate of drug-likeness (QED) is 0.646. The molecule has 0 unspecified atom stereocenters. The molecule has 0 aliphatic rings. The zero-order valence-electron chi connectivity index (χ0n) is 14.2. The molecule has 0 aromatic heterocycles. The van der Waals surface area contributed by atoms with Crippen LogP contribution in [-0.4, -0.2) is 25.8 Å². The van der Waals surface area contributed by atoms with Crippen molar-refractivity contribution in [2.45, 2.75) is 13.3 Å². The average Bonchev–Trinajstić information content (AvgIpc) is 2.60. The SMILES string of the molecule is CCC(=O)Nc1ccc(C(=O)/C=C\c2ccc(N(C)C)cc2)cc1. The van der Waals surface area contributed by atoms with Gasteiger partial charge in [-0.3, -0.25) is 9.59 Å². The molecule has 4 heteroatoms. The molecule has 1 N–H and O–H groups in total. The molecule has 2 aromatic rings. The van der Waals surface area contributed by atoms with Crippen molar-refractivity contribution in [2.75, 3.05) is 24.3 Å². The van der Waals surface area contributed by atoms with E-state index in [0.717, 1.165) is 11.3 Å². The predicted molar refractivity (Wildman–Crippen MR) is 99.5 cm³/mol. The van der Waals surface area contributed by atoms with Crippen LogP contribution in [0.15, 0.2) is 54.6 Å². The Balaban J connectivity index is 2.02. The number of allylic oxidation sites excluding steroid dienone is 1. The van der Waals surface area contributed by atoms with Crippen LogP contribution in [-0.2, 0) is 4.79 Å². The maximum Gasteiger partial charge on any atom is 0.224 e. The lowest BCUT2D eigenvalue weighted by Gasteiger charge is -2.11. The first kappa shape index (κ1) is 17.5.